The van der Waals surface area contributed by atoms with Gasteiger partial charge in [-0.25, -0.2) is 0 Å². The Bertz CT molecular complexity index is 470. The van der Waals surface area contributed by atoms with Crippen LogP contribution in [0.4, 0.5) is 0 Å². The molecule has 0 amide bonds. The highest BCUT2D eigenvalue weighted by Gasteiger charge is 2.03. The molecule has 0 bridgehead atoms. The van der Waals surface area contributed by atoms with Gasteiger partial charge in [-0.05, 0) is 12.1 Å². The molecule has 86 valence electrons. The van der Waals surface area contributed by atoms with Crippen molar-refractivity contribution < 1.29 is 0 Å². The Hall–Kier alpha value is -1.76. The second-order valence-electron chi connectivity index (χ2n) is 3.71. The van der Waals surface area contributed by atoms with E-state index in [2.05, 4.69) is 25.8 Å². The summed E-state index contributed by atoms with van der Waals surface area (Å²) in [7, 11) is 3.67. The first kappa shape index (κ1) is 10.7. The molecule has 0 fully saturated rings. The van der Waals surface area contributed by atoms with Gasteiger partial charge in [0.1, 0.15) is 0 Å². The highest BCUT2D eigenvalue weighted by Crippen LogP contribution is 2.03. The number of hydrogen-bond donors (Lipinski definition) is 1. The van der Waals surface area contributed by atoms with Crippen LogP contribution in [0.2, 0.25) is 0 Å². The van der Waals surface area contributed by atoms with Gasteiger partial charge in [0.2, 0.25) is 0 Å². The molecule has 0 saturated heterocycles. The van der Waals surface area contributed by atoms with Gasteiger partial charge in [-0.1, -0.05) is 0 Å². The van der Waals surface area contributed by atoms with E-state index in [0.717, 1.165) is 12.2 Å². The van der Waals surface area contributed by atoms with Crippen molar-refractivity contribution in [1.29, 1.82) is 0 Å². The number of nitrogens with one attached hydrogen (secondary N) is 1. The zero-order chi connectivity index (χ0) is 11.5. The van der Waals surface area contributed by atoms with E-state index in [1.54, 1.807) is 7.05 Å². The highest BCUT2D eigenvalue weighted by atomic mass is 15.6. The first-order valence-corrected chi connectivity index (χ1v) is 5.08. The molecular formula is C9H15N7. The third kappa shape index (κ3) is 2.43. The second-order valence-corrected chi connectivity index (χ2v) is 3.71. The van der Waals surface area contributed by atoms with Gasteiger partial charge in [0, 0.05) is 25.4 Å². The average molecular weight is 221 g/mol. The predicted octanol–water partition coefficient (Wildman–Crippen LogP) is -0.458. The summed E-state index contributed by atoms with van der Waals surface area (Å²) >= 11 is 0. The monoisotopic (exact) mass is 221 g/mol. The van der Waals surface area contributed by atoms with Crippen molar-refractivity contribution in [3.63, 3.8) is 0 Å². The lowest BCUT2D eigenvalue weighted by atomic mass is 10.2. The van der Waals surface area contributed by atoms with Crippen molar-refractivity contribution in [3.05, 3.63) is 23.3 Å². The maximum absolute atomic E-state index is 4.27. The summed E-state index contributed by atoms with van der Waals surface area (Å²) in [6.07, 6.45) is 2.01. The van der Waals surface area contributed by atoms with Crippen molar-refractivity contribution in [2.75, 3.05) is 0 Å². The fraction of sp³-hybridized carbons (Fsp3) is 0.556. The van der Waals surface area contributed by atoms with E-state index in [-0.39, 0.29) is 0 Å². The van der Waals surface area contributed by atoms with Crippen LogP contribution in [0.1, 0.15) is 17.1 Å². The number of rotatable bonds is 4. The number of aryl methyl sites for hydroxylation is 3. The van der Waals surface area contributed by atoms with Crippen molar-refractivity contribution >= 4 is 0 Å². The van der Waals surface area contributed by atoms with Gasteiger partial charge < -0.3 is 5.32 Å². The van der Waals surface area contributed by atoms with Gasteiger partial charge in [0.05, 0.1) is 19.3 Å². The van der Waals surface area contributed by atoms with Crippen LogP contribution < -0.4 is 5.32 Å². The quantitative estimate of drug-likeness (QED) is 0.756. The van der Waals surface area contributed by atoms with Crippen molar-refractivity contribution in [2.24, 2.45) is 14.1 Å². The normalized spacial score (nSPS) is 10.9. The molecule has 7 nitrogen and oxygen atoms in total. The zero-order valence-electron chi connectivity index (χ0n) is 9.67. The van der Waals surface area contributed by atoms with Crippen LogP contribution >= 0.6 is 0 Å². The van der Waals surface area contributed by atoms with E-state index in [1.807, 2.05) is 24.9 Å². The Morgan fingerprint density at radius 1 is 1.25 bits per heavy atom. The SMILES string of the molecule is Cc1nn(C)cc1CNCc1nnn(C)n1. The molecule has 2 aromatic heterocycles. The molecule has 0 aliphatic rings. The fourth-order valence-electron chi connectivity index (χ4n) is 1.53. The molecule has 7 heteroatoms. The molecule has 0 unspecified atom stereocenters. The Labute approximate surface area is 93.5 Å². The molecule has 16 heavy (non-hydrogen) atoms. The zero-order valence-corrected chi connectivity index (χ0v) is 9.67. The van der Waals surface area contributed by atoms with E-state index in [4.69, 9.17) is 0 Å². The third-order valence-corrected chi connectivity index (χ3v) is 2.26. The molecule has 2 rings (SSSR count). The van der Waals surface area contributed by atoms with Crippen LogP contribution in [-0.2, 0) is 27.2 Å². The summed E-state index contributed by atoms with van der Waals surface area (Å²) in [5.41, 5.74) is 2.23. The summed E-state index contributed by atoms with van der Waals surface area (Å²) in [6, 6.07) is 0. The molecule has 1 N–H and O–H groups in total. The van der Waals surface area contributed by atoms with E-state index < -0.39 is 0 Å². The van der Waals surface area contributed by atoms with E-state index in [0.29, 0.717) is 12.4 Å². The van der Waals surface area contributed by atoms with Crippen molar-refractivity contribution in [1.82, 2.24) is 35.3 Å². The first-order chi connectivity index (χ1) is 7.65. The van der Waals surface area contributed by atoms with E-state index in [1.165, 1.54) is 10.4 Å². The average Bonchev–Trinajstić information content (AvgIpc) is 2.74. The largest absolute Gasteiger partial charge is 0.305 e. The second kappa shape index (κ2) is 4.40. The molecule has 2 aromatic rings. The summed E-state index contributed by atoms with van der Waals surface area (Å²) < 4.78 is 1.81. The molecule has 0 aliphatic heterocycles. The molecule has 0 aromatic carbocycles. The van der Waals surface area contributed by atoms with Crippen molar-refractivity contribution in [3.8, 4) is 0 Å². The lowest BCUT2D eigenvalue weighted by Crippen LogP contribution is -2.14. The van der Waals surface area contributed by atoms with Crippen molar-refractivity contribution in [2.45, 2.75) is 20.0 Å². The number of hydrogen-bond acceptors (Lipinski definition) is 5. The standard InChI is InChI=1S/C9H15N7/c1-7-8(6-15(2)12-7)4-10-5-9-11-14-16(3)13-9/h6,10H,4-5H2,1-3H3. The third-order valence-electron chi connectivity index (χ3n) is 2.26. The van der Waals surface area contributed by atoms with Gasteiger partial charge in [-0.2, -0.15) is 9.90 Å². The maximum atomic E-state index is 4.27. The Balaban J connectivity index is 1.86. The summed E-state index contributed by atoms with van der Waals surface area (Å²) in [5.74, 6) is 0.698. The molecule has 0 aliphatic carbocycles. The minimum absolute atomic E-state index is 0.613. The molecule has 0 radical (unpaired) electrons. The molecule has 0 saturated carbocycles. The number of nitrogens with zero attached hydrogens (tertiary/aromatic N) is 6. The topological polar surface area (TPSA) is 73.5 Å². The van der Waals surface area contributed by atoms with Crippen LogP contribution in [0.5, 0.6) is 0 Å². The van der Waals surface area contributed by atoms with Gasteiger partial charge in [-0.3, -0.25) is 4.68 Å². The van der Waals surface area contributed by atoms with Gasteiger partial charge >= 0.3 is 0 Å². The van der Waals surface area contributed by atoms with Gasteiger partial charge in [0.15, 0.2) is 5.82 Å². The lowest BCUT2D eigenvalue weighted by molar-refractivity contribution is 0.619. The summed E-state index contributed by atoms with van der Waals surface area (Å²) in [6.45, 7) is 3.37. The Morgan fingerprint density at radius 3 is 2.62 bits per heavy atom. The predicted molar refractivity (Wildman–Crippen MR) is 57.3 cm³/mol. The van der Waals surface area contributed by atoms with Crippen LogP contribution in [-0.4, -0.2) is 30.0 Å². The highest BCUT2D eigenvalue weighted by molar-refractivity contribution is 5.14. The number of aromatic nitrogens is 6. The lowest BCUT2D eigenvalue weighted by Gasteiger charge is -1.99. The maximum Gasteiger partial charge on any atom is 0.188 e. The minimum Gasteiger partial charge on any atom is -0.305 e. The fourth-order valence-corrected chi connectivity index (χ4v) is 1.53. The van der Waals surface area contributed by atoms with Gasteiger partial charge in [0.25, 0.3) is 0 Å². The van der Waals surface area contributed by atoms with Crippen LogP contribution in [0.15, 0.2) is 6.20 Å². The molecule has 0 spiro atoms. The Morgan fingerprint density at radius 2 is 2.06 bits per heavy atom. The van der Waals surface area contributed by atoms with Crippen LogP contribution in [0.25, 0.3) is 0 Å². The first-order valence-electron chi connectivity index (χ1n) is 5.08. The summed E-state index contributed by atoms with van der Waals surface area (Å²) in [5, 5.41) is 19.3. The smallest absolute Gasteiger partial charge is 0.188 e. The minimum atomic E-state index is 0.613. The summed E-state index contributed by atoms with van der Waals surface area (Å²) in [4.78, 5) is 1.45. The van der Waals surface area contributed by atoms with E-state index in [9.17, 15) is 0 Å². The van der Waals surface area contributed by atoms with Gasteiger partial charge in [-0.15, -0.1) is 10.2 Å². The molecule has 0 atom stereocenters. The van der Waals surface area contributed by atoms with E-state index >= 15 is 0 Å². The van der Waals surface area contributed by atoms with Crippen LogP contribution in [0, 0.1) is 6.92 Å². The molecular weight excluding hydrogens is 206 g/mol. The Kier molecular flexibility index (Phi) is 2.95. The molecule has 2 heterocycles. The van der Waals surface area contributed by atoms with Crippen LogP contribution in [0.3, 0.4) is 0 Å². The number of tetrazole rings is 1.